The first-order chi connectivity index (χ1) is 10.3. The molecule has 0 bridgehead atoms. The van der Waals surface area contributed by atoms with E-state index in [0.29, 0.717) is 17.4 Å². The van der Waals surface area contributed by atoms with Crippen molar-refractivity contribution >= 4 is 16.8 Å². The van der Waals surface area contributed by atoms with Crippen LogP contribution in [0.25, 0.3) is 10.9 Å². The van der Waals surface area contributed by atoms with Crippen LogP contribution >= 0.6 is 0 Å². The van der Waals surface area contributed by atoms with Gasteiger partial charge in [-0.1, -0.05) is 20.8 Å². The number of carbonyl (C=O) groups excluding carboxylic acids is 1. The minimum absolute atomic E-state index is 0.0508. The molecule has 0 atom stereocenters. The van der Waals surface area contributed by atoms with Crippen molar-refractivity contribution in [3.63, 3.8) is 0 Å². The van der Waals surface area contributed by atoms with Gasteiger partial charge in [-0.15, -0.1) is 0 Å². The van der Waals surface area contributed by atoms with Crippen molar-refractivity contribution in [2.75, 3.05) is 6.54 Å². The smallest absolute Gasteiger partial charge is 0.261 e. The number of amides is 1. The SMILES string of the molecule is CC(C)(C)CCCNC(=O)c1cc2ccc(F)cc2[nH]c1=O. The number of fused-ring (bicyclic) bond motifs is 1. The molecule has 5 heteroatoms. The van der Waals surface area contributed by atoms with Crippen LogP contribution in [0.3, 0.4) is 0 Å². The maximum Gasteiger partial charge on any atom is 0.261 e. The summed E-state index contributed by atoms with van der Waals surface area (Å²) in [4.78, 5) is 26.6. The number of H-pyrrole nitrogens is 1. The van der Waals surface area contributed by atoms with Crippen LogP contribution in [0.4, 0.5) is 4.39 Å². The van der Waals surface area contributed by atoms with Gasteiger partial charge < -0.3 is 10.3 Å². The molecule has 0 fully saturated rings. The number of aromatic amines is 1. The zero-order valence-corrected chi connectivity index (χ0v) is 13.1. The fourth-order valence-electron chi connectivity index (χ4n) is 2.26. The molecule has 0 aliphatic heterocycles. The number of halogens is 1. The van der Waals surface area contributed by atoms with Crippen molar-refractivity contribution in [3.8, 4) is 0 Å². The molecule has 0 saturated carbocycles. The van der Waals surface area contributed by atoms with Crippen molar-refractivity contribution in [1.29, 1.82) is 0 Å². The molecule has 4 nitrogen and oxygen atoms in total. The van der Waals surface area contributed by atoms with Crippen molar-refractivity contribution in [2.45, 2.75) is 33.6 Å². The number of hydrogen-bond acceptors (Lipinski definition) is 2. The highest BCUT2D eigenvalue weighted by Gasteiger charge is 2.13. The molecule has 1 aromatic carbocycles. The van der Waals surface area contributed by atoms with Crippen LogP contribution in [0.5, 0.6) is 0 Å². The summed E-state index contributed by atoms with van der Waals surface area (Å²) in [7, 11) is 0. The minimum atomic E-state index is -0.508. The molecule has 1 amide bonds. The van der Waals surface area contributed by atoms with Gasteiger partial charge >= 0.3 is 0 Å². The normalized spacial score (nSPS) is 11.6. The molecule has 0 radical (unpaired) electrons. The maximum absolute atomic E-state index is 13.1. The molecule has 2 aromatic rings. The maximum atomic E-state index is 13.1. The fraction of sp³-hybridized carbons (Fsp3) is 0.412. The highest BCUT2D eigenvalue weighted by molar-refractivity contribution is 5.97. The Labute approximate surface area is 128 Å². The van der Waals surface area contributed by atoms with Crippen molar-refractivity contribution in [1.82, 2.24) is 10.3 Å². The largest absolute Gasteiger partial charge is 0.352 e. The molecule has 0 unspecified atom stereocenters. The average molecular weight is 304 g/mol. The first kappa shape index (κ1) is 16.2. The Morgan fingerprint density at radius 1 is 1.27 bits per heavy atom. The van der Waals surface area contributed by atoms with E-state index in [1.807, 2.05) is 0 Å². The minimum Gasteiger partial charge on any atom is -0.352 e. The number of hydrogen-bond donors (Lipinski definition) is 2. The number of carbonyl (C=O) groups is 1. The van der Waals surface area contributed by atoms with Gasteiger partial charge in [0.05, 0.1) is 5.52 Å². The quantitative estimate of drug-likeness (QED) is 0.852. The lowest BCUT2D eigenvalue weighted by atomic mass is 9.91. The molecular formula is C17H21FN2O2. The van der Waals surface area contributed by atoms with Crippen LogP contribution in [-0.4, -0.2) is 17.4 Å². The topological polar surface area (TPSA) is 62.0 Å². The molecule has 118 valence electrons. The monoisotopic (exact) mass is 304 g/mol. The summed E-state index contributed by atoms with van der Waals surface area (Å²) in [5, 5.41) is 3.38. The third kappa shape index (κ3) is 4.16. The molecular weight excluding hydrogens is 283 g/mol. The van der Waals surface area contributed by atoms with E-state index >= 15 is 0 Å². The van der Waals surface area contributed by atoms with Crippen LogP contribution in [-0.2, 0) is 0 Å². The Bertz CT molecular complexity index is 744. The molecule has 2 N–H and O–H groups in total. The van der Waals surface area contributed by atoms with Gasteiger partial charge in [0, 0.05) is 6.54 Å². The Morgan fingerprint density at radius 2 is 2.00 bits per heavy atom. The Kier molecular flexibility index (Phi) is 4.64. The summed E-state index contributed by atoms with van der Waals surface area (Å²) >= 11 is 0. The first-order valence-electron chi connectivity index (χ1n) is 7.37. The van der Waals surface area contributed by atoms with Gasteiger partial charge in [0.2, 0.25) is 0 Å². The Balaban J connectivity index is 2.10. The van der Waals surface area contributed by atoms with Gasteiger partial charge in [-0.3, -0.25) is 9.59 Å². The molecule has 1 heterocycles. The van der Waals surface area contributed by atoms with E-state index in [2.05, 4.69) is 31.1 Å². The molecule has 0 spiro atoms. The van der Waals surface area contributed by atoms with Crippen LogP contribution in [0.2, 0.25) is 0 Å². The van der Waals surface area contributed by atoms with Crippen LogP contribution in [0, 0.1) is 11.2 Å². The van der Waals surface area contributed by atoms with Gasteiger partial charge in [-0.2, -0.15) is 0 Å². The number of pyridine rings is 1. The lowest BCUT2D eigenvalue weighted by Crippen LogP contribution is -2.30. The second-order valence-corrected chi connectivity index (χ2v) is 6.66. The zero-order chi connectivity index (χ0) is 16.3. The molecule has 22 heavy (non-hydrogen) atoms. The lowest BCUT2D eigenvalue weighted by Gasteiger charge is -2.17. The third-order valence-corrected chi connectivity index (χ3v) is 3.44. The number of nitrogens with one attached hydrogen (secondary N) is 2. The third-order valence-electron chi connectivity index (χ3n) is 3.44. The molecule has 0 aliphatic rings. The van der Waals surface area contributed by atoms with E-state index in [1.165, 1.54) is 24.3 Å². The molecule has 0 saturated heterocycles. The van der Waals surface area contributed by atoms with E-state index < -0.39 is 17.3 Å². The summed E-state index contributed by atoms with van der Waals surface area (Å²) in [5.41, 5.74) is 0.144. The van der Waals surface area contributed by atoms with Gasteiger partial charge in [0.25, 0.3) is 11.5 Å². The summed E-state index contributed by atoms with van der Waals surface area (Å²) in [6.45, 7) is 6.95. The van der Waals surface area contributed by atoms with Crippen LogP contribution < -0.4 is 10.9 Å². The van der Waals surface area contributed by atoms with Gasteiger partial charge in [0.15, 0.2) is 0 Å². The van der Waals surface area contributed by atoms with Gasteiger partial charge in [-0.05, 0) is 47.9 Å². The highest BCUT2D eigenvalue weighted by atomic mass is 19.1. The predicted molar refractivity (Wildman–Crippen MR) is 85.5 cm³/mol. The summed E-state index contributed by atoms with van der Waals surface area (Å²) < 4.78 is 13.1. The van der Waals surface area contributed by atoms with Crippen LogP contribution in [0.15, 0.2) is 29.1 Å². The highest BCUT2D eigenvalue weighted by Crippen LogP contribution is 2.19. The van der Waals surface area contributed by atoms with E-state index in [1.54, 1.807) is 0 Å². The summed E-state index contributed by atoms with van der Waals surface area (Å²) in [5.74, 6) is -0.830. The summed E-state index contributed by atoms with van der Waals surface area (Å²) in [6.07, 6.45) is 1.84. The van der Waals surface area contributed by atoms with E-state index in [4.69, 9.17) is 0 Å². The Morgan fingerprint density at radius 3 is 2.68 bits per heavy atom. The van der Waals surface area contributed by atoms with Crippen molar-refractivity contribution in [2.24, 2.45) is 5.41 Å². The van der Waals surface area contributed by atoms with E-state index in [-0.39, 0.29) is 11.0 Å². The number of benzene rings is 1. The first-order valence-corrected chi connectivity index (χ1v) is 7.37. The standard InChI is InChI=1S/C17H21FN2O2/c1-17(2,3)7-4-8-19-15(21)13-9-11-5-6-12(18)10-14(11)20-16(13)22/h5-6,9-10H,4,7-8H2,1-3H3,(H,19,21)(H,20,22). The summed E-state index contributed by atoms with van der Waals surface area (Å²) in [6, 6.07) is 5.57. The number of aromatic nitrogens is 1. The zero-order valence-electron chi connectivity index (χ0n) is 13.1. The second kappa shape index (κ2) is 6.30. The fourth-order valence-corrected chi connectivity index (χ4v) is 2.26. The molecule has 2 rings (SSSR count). The second-order valence-electron chi connectivity index (χ2n) is 6.66. The molecule has 0 aliphatic carbocycles. The van der Waals surface area contributed by atoms with Gasteiger partial charge in [-0.25, -0.2) is 4.39 Å². The van der Waals surface area contributed by atoms with Crippen molar-refractivity contribution < 1.29 is 9.18 Å². The average Bonchev–Trinajstić information content (AvgIpc) is 2.41. The number of rotatable bonds is 4. The molecule has 1 aromatic heterocycles. The van der Waals surface area contributed by atoms with Crippen molar-refractivity contribution in [3.05, 3.63) is 46.0 Å². The van der Waals surface area contributed by atoms with Crippen LogP contribution in [0.1, 0.15) is 44.0 Å². The van der Waals surface area contributed by atoms with E-state index in [9.17, 15) is 14.0 Å². The predicted octanol–water partition coefficient (Wildman–Crippen LogP) is 3.22. The van der Waals surface area contributed by atoms with E-state index in [0.717, 1.165) is 12.8 Å². The van der Waals surface area contributed by atoms with Gasteiger partial charge in [0.1, 0.15) is 11.4 Å². The lowest BCUT2D eigenvalue weighted by molar-refractivity contribution is 0.0950. The Hall–Kier alpha value is -2.17.